The Morgan fingerprint density at radius 3 is 2.76 bits per heavy atom. The van der Waals surface area contributed by atoms with Crippen molar-refractivity contribution in [3.8, 4) is 17.0 Å². The van der Waals surface area contributed by atoms with Crippen LogP contribution in [0.2, 0.25) is 5.02 Å². The molecule has 0 radical (unpaired) electrons. The van der Waals surface area contributed by atoms with E-state index >= 15 is 0 Å². The van der Waals surface area contributed by atoms with Crippen LogP contribution in [0.1, 0.15) is 5.69 Å². The molecule has 34 heavy (non-hydrogen) atoms. The van der Waals surface area contributed by atoms with Crippen molar-refractivity contribution >= 4 is 44.9 Å². The molecule has 176 valence electrons. The van der Waals surface area contributed by atoms with Crippen LogP contribution in [-0.4, -0.2) is 31.8 Å². The molecule has 0 aliphatic carbocycles. The van der Waals surface area contributed by atoms with Crippen molar-refractivity contribution < 1.29 is 22.7 Å². The van der Waals surface area contributed by atoms with Crippen LogP contribution in [-0.2, 0) is 18.3 Å². The van der Waals surface area contributed by atoms with Crippen LogP contribution < -0.4 is 21.3 Å². The van der Waals surface area contributed by atoms with Crippen molar-refractivity contribution in [3.05, 3.63) is 67.4 Å². The maximum atomic E-state index is 12.6. The molecule has 1 aromatic carbocycles. The van der Waals surface area contributed by atoms with Crippen LogP contribution in [0.25, 0.3) is 22.2 Å². The standard InChI is InChI=1S/C20H13ClF3N5O4S/c1-29-17(31)16-11(27-19(29)32)4-5-25-12(16)7-15(30)28-18-26-13(8-34-18)9-2-3-14(10(21)6-9)33-20(22,23)24/h2-6,8H,7H2,1H3,(H,27,32)(H,26,28,30). The highest BCUT2D eigenvalue weighted by Gasteiger charge is 2.32. The van der Waals surface area contributed by atoms with E-state index in [0.29, 0.717) is 11.3 Å². The SMILES string of the molecule is Cn1c(=O)[nH]c2ccnc(CC(=O)Nc3nc(-c4ccc(OC(F)(F)F)c(Cl)c4)cs3)c2c1=O. The number of carbonyl (C=O) groups excluding carboxylic acids is 1. The summed E-state index contributed by atoms with van der Waals surface area (Å²) in [7, 11) is 1.31. The highest BCUT2D eigenvalue weighted by Crippen LogP contribution is 2.34. The molecule has 2 N–H and O–H groups in total. The van der Waals surface area contributed by atoms with Gasteiger partial charge in [0.1, 0.15) is 5.75 Å². The Balaban J connectivity index is 1.52. The van der Waals surface area contributed by atoms with E-state index in [1.54, 1.807) is 5.38 Å². The Bertz CT molecular complexity index is 1530. The monoisotopic (exact) mass is 511 g/mol. The molecule has 9 nitrogen and oxygen atoms in total. The van der Waals surface area contributed by atoms with E-state index in [0.717, 1.165) is 22.0 Å². The fraction of sp³-hybridized carbons (Fsp3) is 0.150. The number of hydrogen-bond acceptors (Lipinski definition) is 7. The summed E-state index contributed by atoms with van der Waals surface area (Å²) in [6, 6.07) is 5.15. The fourth-order valence-corrected chi connectivity index (χ4v) is 4.04. The number of ether oxygens (including phenoxy) is 1. The molecule has 3 heterocycles. The first-order valence-corrected chi connectivity index (χ1v) is 10.7. The number of alkyl halides is 3. The number of halogens is 4. The van der Waals surface area contributed by atoms with Crippen LogP contribution in [0, 0.1) is 0 Å². The molecular formula is C20H13ClF3N5O4S. The number of rotatable bonds is 5. The number of aromatic amines is 1. The van der Waals surface area contributed by atoms with E-state index in [9.17, 15) is 27.6 Å². The average molecular weight is 512 g/mol. The van der Waals surface area contributed by atoms with Crippen molar-refractivity contribution in [2.45, 2.75) is 12.8 Å². The molecule has 1 amide bonds. The van der Waals surface area contributed by atoms with Gasteiger partial charge < -0.3 is 15.0 Å². The molecule has 4 aromatic rings. The van der Waals surface area contributed by atoms with Crippen LogP contribution in [0.15, 0.2) is 45.4 Å². The average Bonchev–Trinajstić information content (AvgIpc) is 3.21. The lowest BCUT2D eigenvalue weighted by Gasteiger charge is -2.10. The van der Waals surface area contributed by atoms with E-state index in [-0.39, 0.29) is 33.2 Å². The summed E-state index contributed by atoms with van der Waals surface area (Å²) in [5.74, 6) is -1.06. The molecule has 0 unspecified atom stereocenters. The van der Waals surface area contributed by atoms with Crippen LogP contribution in [0.3, 0.4) is 0 Å². The summed E-state index contributed by atoms with van der Waals surface area (Å²) in [5, 5.41) is 4.26. The second-order valence-electron chi connectivity index (χ2n) is 6.93. The fourth-order valence-electron chi connectivity index (χ4n) is 3.09. The summed E-state index contributed by atoms with van der Waals surface area (Å²) in [6.45, 7) is 0. The van der Waals surface area contributed by atoms with Crippen molar-refractivity contribution in [1.82, 2.24) is 19.5 Å². The Kier molecular flexibility index (Phi) is 6.15. The number of carbonyl (C=O) groups is 1. The minimum atomic E-state index is -4.87. The van der Waals surface area contributed by atoms with Gasteiger partial charge in [0, 0.05) is 24.2 Å². The number of nitrogens with zero attached hydrogens (tertiary/aromatic N) is 3. The van der Waals surface area contributed by atoms with Crippen LogP contribution in [0.5, 0.6) is 5.75 Å². The van der Waals surface area contributed by atoms with Gasteiger partial charge in [-0.05, 0) is 24.3 Å². The third-order valence-electron chi connectivity index (χ3n) is 4.63. The number of thiazole rings is 1. The first kappa shape index (κ1) is 23.4. The van der Waals surface area contributed by atoms with E-state index < -0.39 is 29.3 Å². The van der Waals surface area contributed by atoms with Crippen molar-refractivity contribution in [2.75, 3.05) is 5.32 Å². The molecule has 0 spiro atoms. The number of aromatic nitrogens is 4. The molecule has 0 aliphatic rings. The first-order valence-electron chi connectivity index (χ1n) is 9.40. The Labute approximate surface area is 196 Å². The molecule has 0 aliphatic heterocycles. The molecule has 3 aromatic heterocycles. The second-order valence-corrected chi connectivity index (χ2v) is 8.20. The van der Waals surface area contributed by atoms with Crippen molar-refractivity contribution in [2.24, 2.45) is 7.05 Å². The minimum Gasteiger partial charge on any atom is -0.404 e. The van der Waals surface area contributed by atoms with E-state index in [4.69, 9.17) is 11.6 Å². The smallest absolute Gasteiger partial charge is 0.404 e. The lowest BCUT2D eigenvalue weighted by Crippen LogP contribution is -2.33. The minimum absolute atomic E-state index is 0.121. The zero-order valence-electron chi connectivity index (χ0n) is 17.1. The molecule has 0 saturated heterocycles. The number of nitrogens with one attached hydrogen (secondary N) is 2. The largest absolute Gasteiger partial charge is 0.573 e. The molecular weight excluding hydrogens is 499 g/mol. The van der Waals surface area contributed by atoms with Crippen LogP contribution in [0.4, 0.5) is 18.3 Å². The van der Waals surface area contributed by atoms with Gasteiger partial charge in [0.15, 0.2) is 5.13 Å². The number of fused-ring (bicyclic) bond motifs is 1. The molecule has 0 atom stereocenters. The maximum absolute atomic E-state index is 12.6. The normalized spacial score (nSPS) is 11.6. The van der Waals surface area contributed by atoms with Crippen molar-refractivity contribution in [3.63, 3.8) is 0 Å². The first-order chi connectivity index (χ1) is 16.0. The van der Waals surface area contributed by atoms with Gasteiger partial charge in [0.2, 0.25) is 5.91 Å². The molecule has 0 saturated carbocycles. The van der Waals surface area contributed by atoms with Gasteiger partial charge in [-0.1, -0.05) is 11.6 Å². The highest BCUT2D eigenvalue weighted by molar-refractivity contribution is 7.14. The molecule has 14 heteroatoms. The van der Waals surface area contributed by atoms with Gasteiger partial charge in [-0.3, -0.25) is 19.1 Å². The predicted octanol–water partition coefficient (Wildman–Crippen LogP) is 3.48. The summed E-state index contributed by atoms with van der Waals surface area (Å²) in [6.07, 6.45) is -3.76. The number of amides is 1. The highest BCUT2D eigenvalue weighted by atomic mass is 35.5. The van der Waals surface area contributed by atoms with Gasteiger partial charge in [-0.2, -0.15) is 0 Å². The van der Waals surface area contributed by atoms with Crippen LogP contribution >= 0.6 is 22.9 Å². The number of H-pyrrole nitrogens is 1. The summed E-state index contributed by atoms with van der Waals surface area (Å²) >= 11 is 6.96. The topological polar surface area (TPSA) is 119 Å². The van der Waals surface area contributed by atoms with Gasteiger partial charge in [-0.15, -0.1) is 24.5 Å². The molecule has 4 rings (SSSR count). The third-order valence-corrected chi connectivity index (χ3v) is 5.68. The Morgan fingerprint density at radius 2 is 2.06 bits per heavy atom. The van der Waals surface area contributed by atoms with E-state index in [1.165, 1.54) is 31.4 Å². The maximum Gasteiger partial charge on any atom is 0.573 e. The predicted molar refractivity (Wildman–Crippen MR) is 119 cm³/mol. The summed E-state index contributed by atoms with van der Waals surface area (Å²) in [4.78, 5) is 47.7. The number of hydrogen-bond donors (Lipinski definition) is 2. The molecule has 0 fully saturated rings. The lowest BCUT2D eigenvalue weighted by atomic mass is 10.1. The Hall–Kier alpha value is -3.71. The zero-order valence-corrected chi connectivity index (χ0v) is 18.6. The number of pyridine rings is 1. The summed E-state index contributed by atoms with van der Waals surface area (Å²) < 4.78 is 41.9. The van der Waals surface area contributed by atoms with Gasteiger partial charge in [0.25, 0.3) is 5.56 Å². The zero-order chi connectivity index (χ0) is 24.6. The second kappa shape index (κ2) is 8.91. The van der Waals surface area contributed by atoms with Crippen molar-refractivity contribution in [1.29, 1.82) is 0 Å². The quantitative estimate of drug-likeness (QED) is 0.423. The summed E-state index contributed by atoms with van der Waals surface area (Å²) in [5.41, 5.74) is 0.0522. The lowest BCUT2D eigenvalue weighted by molar-refractivity contribution is -0.274. The van der Waals surface area contributed by atoms with E-state index in [2.05, 4.69) is 25.0 Å². The Morgan fingerprint density at radius 1 is 1.29 bits per heavy atom. The number of benzene rings is 1. The molecule has 0 bridgehead atoms. The van der Waals surface area contributed by atoms with Gasteiger partial charge in [0.05, 0.1) is 33.7 Å². The third kappa shape index (κ3) is 4.94. The van der Waals surface area contributed by atoms with Gasteiger partial charge >= 0.3 is 12.1 Å². The van der Waals surface area contributed by atoms with Gasteiger partial charge in [-0.25, -0.2) is 9.78 Å². The number of anilines is 1. The van der Waals surface area contributed by atoms with E-state index in [1.807, 2.05) is 0 Å².